The van der Waals surface area contributed by atoms with Gasteiger partial charge >= 0.3 is 5.97 Å². The van der Waals surface area contributed by atoms with Crippen LogP contribution in [-0.2, 0) is 62.6 Å². The third-order valence-electron chi connectivity index (χ3n) is 9.35. The number of amides is 1. The molecule has 0 bridgehead atoms. The predicted octanol–water partition coefficient (Wildman–Crippen LogP) is 1.28. The van der Waals surface area contributed by atoms with Crippen molar-refractivity contribution in [3.8, 4) is 0 Å². The van der Waals surface area contributed by atoms with Crippen LogP contribution < -0.4 is 5.32 Å². The van der Waals surface area contributed by atoms with E-state index in [0.717, 1.165) is 23.6 Å². The molecule has 2 saturated heterocycles. The number of ether oxygens (including phenoxy) is 7. The average Bonchev–Trinajstić information content (AvgIpc) is 3.19. The Bertz CT molecular complexity index is 1590. The van der Waals surface area contributed by atoms with E-state index in [1.807, 2.05) is 91.0 Å². The van der Waals surface area contributed by atoms with Crippen molar-refractivity contribution >= 4 is 11.9 Å². The van der Waals surface area contributed by atoms with Crippen LogP contribution in [0.25, 0.3) is 0 Å². The Kier molecular flexibility index (Phi) is 15.0. The monoisotopic (exact) mass is 755 g/mol. The third kappa shape index (κ3) is 10.5. The Morgan fingerprint density at radius 1 is 0.833 bits per heavy atom. The standard InChI is InChI=1S/C39H49NO14/c1-24(42)40-31-28(43)18-39(38(46)47,54-34(31)32(45)29(44)19-41)52-23-30-33(49-20-25-12-6-3-7-13-25)35(50-21-26-14-8-4-9-15-26)36(37(48-2)53-30)51-22-27-16-10-5-11-17-27/h3-17,28-37,41,43-45H,18-23H2,1-2H3,(H,40,42)(H,46,47)/t28-,29+,30+,31+,32+,33-,34+,35-,36+,37-,39-/m0/s1. The minimum absolute atomic E-state index is 0.102. The predicted molar refractivity (Wildman–Crippen MR) is 189 cm³/mol. The molecule has 0 saturated carbocycles. The van der Waals surface area contributed by atoms with Gasteiger partial charge in [0.05, 0.1) is 45.2 Å². The molecule has 15 nitrogen and oxygen atoms in total. The zero-order valence-electron chi connectivity index (χ0n) is 30.1. The summed E-state index contributed by atoms with van der Waals surface area (Å²) in [7, 11) is 1.43. The van der Waals surface area contributed by atoms with Crippen LogP contribution in [0, 0.1) is 0 Å². The third-order valence-corrected chi connectivity index (χ3v) is 9.35. The fourth-order valence-electron chi connectivity index (χ4n) is 6.56. The summed E-state index contributed by atoms with van der Waals surface area (Å²) in [6.45, 7) is 0.146. The lowest BCUT2D eigenvalue weighted by atomic mass is 9.88. The second-order valence-electron chi connectivity index (χ2n) is 13.3. The molecule has 0 aromatic heterocycles. The molecule has 294 valence electrons. The maximum atomic E-state index is 13.0. The Morgan fingerprint density at radius 3 is 1.80 bits per heavy atom. The maximum absolute atomic E-state index is 13.0. The van der Waals surface area contributed by atoms with Crippen LogP contribution in [0.1, 0.15) is 30.0 Å². The first kappa shape index (κ1) is 41.3. The highest BCUT2D eigenvalue weighted by atomic mass is 16.8. The van der Waals surface area contributed by atoms with Crippen molar-refractivity contribution in [2.45, 2.75) is 100 Å². The molecule has 54 heavy (non-hydrogen) atoms. The number of nitrogens with one attached hydrogen (secondary N) is 1. The molecule has 15 heteroatoms. The van der Waals surface area contributed by atoms with Gasteiger partial charge < -0.3 is 64.0 Å². The topological polar surface area (TPSA) is 212 Å². The molecule has 11 atom stereocenters. The molecule has 2 heterocycles. The number of aliphatic carboxylic acids is 1. The molecule has 1 amide bonds. The Morgan fingerprint density at radius 2 is 1.33 bits per heavy atom. The normalized spacial score (nSPS) is 29.6. The fourth-order valence-corrected chi connectivity index (χ4v) is 6.56. The van der Waals surface area contributed by atoms with E-state index in [2.05, 4.69) is 5.32 Å². The molecule has 6 N–H and O–H groups in total. The summed E-state index contributed by atoms with van der Waals surface area (Å²) in [6.07, 6.45) is -12.6. The van der Waals surface area contributed by atoms with Gasteiger partial charge in [0, 0.05) is 20.5 Å². The van der Waals surface area contributed by atoms with E-state index < -0.39 is 98.5 Å². The minimum atomic E-state index is -2.62. The Balaban J connectivity index is 1.47. The van der Waals surface area contributed by atoms with Crippen LogP contribution in [0.3, 0.4) is 0 Å². The average molecular weight is 756 g/mol. The van der Waals surface area contributed by atoms with Crippen molar-refractivity contribution in [2.24, 2.45) is 0 Å². The number of aliphatic hydroxyl groups excluding tert-OH is 4. The number of methoxy groups -OCH3 is 1. The second-order valence-corrected chi connectivity index (χ2v) is 13.3. The summed E-state index contributed by atoms with van der Waals surface area (Å²) in [5.74, 6) is -4.90. The van der Waals surface area contributed by atoms with E-state index in [1.165, 1.54) is 7.11 Å². The van der Waals surface area contributed by atoms with Crippen LogP contribution in [0.5, 0.6) is 0 Å². The zero-order chi connectivity index (χ0) is 38.7. The van der Waals surface area contributed by atoms with Gasteiger partial charge in [-0.25, -0.2) is 4.79 Å². The van der Waals surface area contributed by atoms with Crippen LogP contribution >= 0.6 is 0 Å². The molecule has 2 aliphatic rings. The van der Waals surface area contributed by atoms with Crippen LogP contribution in [0.4, 0.5) is 0 Å². The highest BCUT2D eigenvalue weighted by Gasteiger charge is 2.57. The number of hydrogen-bond donors (Lipinski definition) is 6. The molecule has 5 rings (SSSR count). The number of aliphatic hydroxyl groups is 4. The van der Waals surface area contributed by atoms with Crippen molar-refractivity contribution in [3.05, 3.63) is 108 Å². The van der Waals surface area contributed by atoms with E-state index in [4.69, 9.17) is 33.2 Å². The van der Waals surface area contributed by atoms with Gasteiger partial charge in [0.25, 0.3) is 5.79 Å². The Hall–Kier alpha value is -3.84. The first-order valence-corrected chi connectivity index (χ1v) is 17.7. The van der Waals surface area contributed by atoms with Crippen molar-refractivity contribution in [1.82, 2.24) is 5.32 Å². The van der Waals surface area contributed by atoms with Crippen LogP contribution in [-0.4, -0.2) is 125 Å². The van der Waals surface area contributed by atoms with Gasteiger partial charge in [-0.1, -0.05) is 91.0 Å². The van der Waals surface area contributed by atoms with Gasteiger partial charge in [0.1, 0.15) is 42.7 Å². The number of benzene rings is 3. The number of carbonyl (C=O) groups is 2. The van der Waals surface area contributed by atoms with E-state index >= 15 is 0 Å². The summed E-state index contributed by atoms with van der Waals surface area (Å²) in [5, 5.41) is 54.8. The van der Waals surface area contributed by atoms with Crippen molar-refractivity contribution in [1.29, 1.82) is 0 Å². The van der Waals surface area contributed by atoms with E-state index in [1.54, 1.807) is 0 Å². The zero-order valence-corrected chi connectivity index (χ0v) is 30.1. The summed E-state index contributed by atoms with van der Waals surface area (Å²) < 4.78 is 43.6. The van der Waals surface area contributed by atoms with E-state index in [0.29, 0.717) is 0 Å². The molecule has 2 fully saturated rings. The quantitative estimate of drug-likeness (QED) is 0.108. The first-order chi connectivity index (χ1) is 26.0. The lowest BCUT2D eigenvalue weighted by molar-refractivity contribution is -0.347. The minimum Gasteiger partial charge on any atom is -0.477 e. The summed E-state index contributed by atoms with van der Waals surface area (Å²) >= 11 is 0. The summed E-state index contributed by atoms with van der Waals surface area (Å²) in [4.78, 5) is 25.0. The van der Waals surface area contributed by atoms with Crippen molar-refractivity contribution in [2.75, 3.05) is 20.3 Å². The molecule has 3 aromatic rings. The maximum Gasteiger partial charge on any atom is 0.364 e. The number of hydrogen-bond acceptors (Lipinski definition) is 13. The van der Waals surface area contributed by atoms with E-state index in [-0.39, 0.29) is 19.8 Å². The van der Waals surface area contributed by atoms with Crippen molar-refractivity contribution in [3.63, 3.8) is 0 Å². The van der Waals surface area contributed by atoms with Gasteiger partial charge in [0.15, 0.2) is 6.29 Å². The molecule has 2 aliphatic heterocycles. The molecule has 0 spiro atoms. The number of carboxylic acids is 1. The SMILES string of the molecule is CO[C@H]1O[C@H](CO[C@@]2(C(=O)O)C[C@H](O)[C@@H](NC(C)=O)[C@H]([C@H](O)[C@H](O)CO)O2)[C@H](OCc2ccccc2)[C@H](OCc2ccccc2)[C@H]1OCc1ccccc1. The van der Waals surface area contributed by atoms with Gasteiger partial charge in [-0.15, -0.1) is 0 Å². The van der Waals surface area contributed by atoms with Gasteiger partial charge in [-0.3, -0.25) is 4.79 Å². The molecule has 3 aromatic carbocycles. The summed E-state index contributed by atoms with van der Waals surface area (Å²) in [5.41, 5.74) is 2.59. The van der Waals surface area contributed by atoms with Crippen molar-refractivity contribution < 1.29 is 68.3 Å². The van der Waals surface area contributed by atoms with Crippen LogP contribution in [0.15, 0.2) is 91.0 Å². The number of carbonyl (C=O) groups excluding carboxylic acids is 1. The lowest BCUT2D eigenvalue weighted by Crippen LogP contribution is -2.68. The van der Waals surface area contributed by atoms with Gasteiger partial charge in [0.2, 0.25) is 5.91 Å². The number of rotatable bonds is 18. The van der Waals surface area contributed by atoms with Crippen LogP contribution in [0.2, 0.25) is 0 Å². The van der Waals surface area contributed by atoms with Gasteiger partial charge in [-0.05, 0) is 16.7 Å². The first-order valence-electron chi connectivity index (χ1n) is 17.7. The molecular formula is C39H49NO14. The Labute approximate surface area is 313 Å². The second kappa shape index (κ2) is 19.7. The van der Waals surface area contributed by atoms with Gasteiger partial charge in [-0.2, -0.15) is 0 Å². The number of carboxylic acid groups (broad SMARTS) is 1. The van der Waals surface area contributed by atoms with E-state index in [9.17, 15) is 35.1 Å². The highest BCUT2D eigenvalue weighted by Crippen LogP contribution is 2.36. The largest absolute Gasteiger partial charge is 0.477 e. The molecule has 0 aliphatic carbocycles. The smallest absolute Gasteiger partial charge is 0.364 e. The lowest BCUT2D eigenvalue weighted by Gasteiger charge is -2.48. The molecule has 0 unspecified atom stereocenters. The summed E-state index contributed by atoms with van der Waals surface area (Å²) in [6, 6.07) is 27.0. The highest BCUT2D eigenvalue weighted by molar-refractivity contribution is 5.76. The molecular weight excluding hydrogens is 706 g/mol. The molecule has 0 radical (unpaired) electrons. The fraction of sp³-hybridized carbons (Fsp3) is 0.487.